The highest BCUT2D eigenvalue weighted by atomic mass is 32.1. The van der Waals surface area contributed by atoms with Crippen molar-refractivity contribution in [3.05, 3.63) is 71.5 Å². The maximum atomic E-state index is 12.6. The van der Waals surface area contributed by atoms with E-state index in [1.807, 2.05) is 48.5 Å². The van der Waals surface area contributed by atoms with E-state index in [0.717, 1.165) is 20.8 Å². The number of nitrogens with zero attached hydrogens (tertiary/aromatic N) is 4. The molecule has 32 heavy (non-hydrogen) atoms. The van der Waals surface area contributed by atoms with Crippen molar-refractivity contribution in [2.24, 2.45) is 0 Å². The number of anilines is 1. The zero-order valence-electron chi connectivity index (χ0n) is 17.8. The Kier molecular flexibility index (Phi) is 6.46. The Morgan fingerprint density at radius 1 is 1.16 bits per heavy atom. The number of benzene rings is 2. The lowest BCUT2D eigenvalue weighted by Gasteiger charge is -2.15. The first-order valence-corrected chi connectivity index (χ1v) is 10.9. The van der Waals surface area contributed by atoms with Crippen LogP contribution in [0.5, 0.6) is 5.75 Å². The van der Waals surface area contributed by atoms with Gasteiger partial charge in [0.05, 0.1) is 42.2 Å². The second-order valence-corrected chi connectivity index (χ2v) is 8.40. The number of amides is 2. The van der Waals surface area contributed by atoms with Gasteiger partial charge < -0.3 is 15.0 Å². The van der Waals surface area contributed by atoms with Crippen molar-refractivity contribution in [1.29, 1.82) is 0 Å². The largest absolute Gasteiger partial charge is 0.496 e. The number of fused-ring (bicyclic) bond motifs is 1. The molecule has 0 aliphatic rings. The Labute approximate surface area is 189 Å². The number of nitrogens with one attached hydrogen (secondary N) is 1. The van der Waals surface area contributed by atoms with Gasteiger partial charge in [-0.25, -0.2) is 4.98 Å². The van der Waals surface area contributed by atoms with Gasteiger partial charge in [-0.2, -0.15) is 5.10 Å². The molecule has 0 bridgehead atoms. The fourth-order valence-electron chi connectivity index (χ4n) is 3.28. The smallest absolute Gasteiger partial charge is 0.244 e. The number of para-hydroxylation sites is 2. The third-order valence-corrected chi connectivity index (χ3v) is 5.92. The number of aromatic nitrogens is 3. The van der Waals surface area contributed by atoms with E-state index >= 15 is 0 Å². The average molecular weight is 450 g/mol. The summed E-state index contributed by atoms with van der Waals surface area (Å²) in [6.45, 7) is 0.506. The fraction of sp³-hybridized carbons (Fsp3) is 0.217. The molecule has 0 saturated carbocycles. The summed E-state index contributed by atoms with van der Waals surface area (Å²) in [6.07, 6.45) is 3.35. The van der Waals surface area contributed by atoms with Gasteiger partial charge in [-0.1, -0.05) is 30.3 Å². The summed E-state index contributed by atoms with van der Waals surface area (Å²) < 4.78 is 7.89. The van der Waals surface area contributed by atoms with Crippen LogP contribution < -0.4 is 10.1 Å². The average Bonchev–Trinajstić information content (AvgIpc) is 3.39. The van der Waals surface area contributed by atoms with Crippen molar-refractivity contribution >= 4 is 39.1 Å². The molecule has 0 radical (unpaired) electrons. The molecule has 4 rings (SSSR count). The van der Waals surface area contributed by atoms with Crippen LogP contribution in [0, 0.1) is 0 Å². The number of hydrogen-bond donors (Lipinski definition) is 1. The molecule has 0 spiro atoms. The van der Waals surface area contributed by atoms with Crippen LogP contribution >= 0.6 is 11.3 Å². The molecule has 0 saturated heterocycles. The third-order valence-electron chi connectivity index (χ3n) is 4.89. The molecule has 2 aromatic carbocycles. The molecule has 0 aliphatic heterocycles. The molecule has 4 aromatic rings. The van der Waals surface area contributed by atoms with Crippen LogP contribution in [-0.4, -0.2) is 45.6 Å². The quantitative estimate of drug-likeness (QED) is 0.446. The molecular weight excluding hydrogens is 426 g/mol. The van der Waals surface area contributed by atoms with Crippen LogP contribution in [0.3, 0.4) is 0 Å². The van der Waals surface area contributed by atoms with Crippen LogP contribution in [0.4, 0.5) is 5.69 Å². The highest BCUT2D eigenvalue weighted by Gasteiger charge is 2.14. The Morgan fingerprint density at radius 3 is 2.75 bits per heavy atom. The zero-order valence-corrected chi connectivity index (χ0v) is 18.6. The van der Waals surface area contributed by atoms with Crippen molar-refractivity contribution in [2.75, 3.05) is 19.5 Å². The first kappa shape index (κ1) is 21.5. The Morgan fingerprint density at radius 2 is 1.94 bits per heavy atom. The first-order chi connectivity index (χ1) is 15.5. The number of carbonyl (C=O) groups is 2. The monoisotopic (exact) mass is 449 g/mol. The van der Waals surface area contributed by atoms with Crippen LogP contribution in [0.15, 0.2) is 60.9 Å². The highest BCUT2D eigenvalue weighted by Crippen LogP contribution is 2.22. The Balaban J connectivity index is 1.31. The summed E-state index contributed by atoms with van der Waals surface area (Å²) >= 11 is 1.58. The minimum absolute atomic E-state index is 0.0732. The molecule has 0 fully saturated rings. The highest BCUT2D eigenvalue weighted by molar-refractivity contribution is 7.18. The fourth-order valence-corrected chi connectivity index (χ4v) is 4.30. The number of methoxy groups -OCH3 is 1. The second-order valence-electron chi connectivity index (χ2n) is 7.29. The maximum Gasteiger partial charge on any atom is 0.244 e. The van der Waals surface area contributed by atoms with Crippen LogP contribution in [0.2, 0.25) is 0 Å². The molecule has 8 nitrogen and oxygen atoms in total. The SMILES string of the molecule is COc1ccccc1CC(=O)Nc1cnn(CC(=O)N(C)Cc2nc3ccccc3s2)c1. The number of likely N-dealkylation sites (N-methyl/N-ethyl adjacent to an activating group) is 1. The van der Waals surface area contributed by atoms with E-state index in [0.29, 0.717) is 18.0 Å². The van der Waals surface area contributed by atoms with Crippen molar-refractivity contribution in [2.45, 2.75) is 19.5 Å². The van der Waals surface area contributed by atoms with Crippen molar-refractivity contribution in [3.63, 3.8) is 0 Å². The Hall–Kier alpha value is -3.72. The molecule has 0 unspecified atom stereocenters. The molecule has 2 heterocycles. The van der Waals surface area contributed by atoms with E-state index in [-0.39, 0.29) is 24.8 Å². The summed E-state index contributed by atoms with van der Waals surface area (Å²) in [6, 6.07) is 15.3. The molecule has 2 amide bonds. The minimum Gasteiger partial charge on any atom is -0.496 e. The van der Waals surface area contributed by atoms with Gasteiger partial charge in [-0.3, -0.25) is 14.3 Å². The minimum atomic E-state index is -0.187. The van der Waals surface area contributed by atoms with Gasteiger partial charge in [-0.05, 0) is 18.2 Å². The second kappa shape index (κ2) is 9.61. The summed E-state index contributed by atoms with van der Waals surface area (Å²) in [5, 5.41) is 7.88. The molecule has 2 aromatic heterocycles. The topological polar surface area (TPSA) is 89.3 Å². The normalized spacial score (nSPS) is 10.8. The predicted octanol–water partition coefficient (Wildman–Crippen LogP) is 3.34. The van der Waals surface area contributed by atoms with Gasteiger partial charge in [0.25, 0.3) is 0 Å². The van der Waals surface area contributed by atoms with Crippen molar-refractivity contribution in [1.82, 2.24) is 19.7 Å². The summed E-state index contributed by atoms with van der Waals surface area (Å²) in [7, 11) is 3.32. The van der Waals surface area contributed by atoms with E-state index in [1.165, 1.54) is 10.9 Å². The van der Waals surface area contributed by atoms with Crippen LogP contribution in [0.1, 0.15) is 10.6 Å². The summed E-state index contributed by atoms with van der Waals surface area (Å²) in [4.78, 5) is 31.2. The molecule has 164 valence electrons. The van der Waals surface area contributed by atoms with Gasteiger partial charge in [0.15, 0.2) is 0 Å². The number of thiazole rings is 1. The number of hydrogen-bond acceptors (Lipinski definition) is 6. The van der Waals surface area contributed by atoms with E-state index in [9.17, 15) is 9.59 Å². The molecular formula is C23H23N5O3S. The zero-order chi connectivity index (χ0) is 22.5. The van der Waals surface area contributed by atoms with Crippen molar-refractivity contribution in [3.8, 4) is 5.75 Å². The lowest BCUT2D eigenvalue weighted by Crippen LogP contribution is -2.29. The molecule has 1 N–H and O–H groups in total. The van der Waals surface area contributed by atoms with Gasteiger partial charge in [0, 0.05) is 18.8 Å². The Bertz CT molecular complexity index is 1220. The van der Waals surface area contributed by atoms with Crippen LogP contribution in [-0.2, 0) is 29.1 Å². The number of rotatable bonds is 8. The van der Waals surface area contributed by atoms with E-state index in [2.05, 4.69) is 15.4 Å². The van der Waals surface area contributed by atoms with Gasteiger partial charge in [0.2, 0.25) is 11.8 Å². The summed E-state index contributed by atoms with van der Waals surface area (Å²) in [5.74, 6) is 0.382. The van der Waals surface area contributed by atoms with Crippen molar-refractivity contribution < 1.29 is 14.3 Å². The predicted molar refractivity (Wildman–Crippen MR) is 124 cm³/mol. The van der Waals surface area contributed by atoms with Crippen LogP contribution in [0.25, 0.3) is 10.2 Å². The van der Waals surface area contributed by atoms with E-state index in [1.54, 1.807) is 36.6 Å². The maximum absolute atomic E-state index is 12.6. The van der Waals surface area contributed by atoms with Gasteiger partial charge in [0.1, 0.15) is 17.3 Å². The van der Waals surface area contributed by atoms with E-state index in [4.69, 9.17) is 4.74 Å². The number of carbonyl (C=O) groups excluding carboxylic acids is 2. The standard InChI is InChI=1S/C23H23N5O3S/c1-27(14-22-26-18-8-4-6-10-20(18)32-22)23(30)15-28-13-17(12-24-28)25-21(29)11-16-7-3-5-9-19(16)31-2/h3-10,12-13H,11,14-15H2,1-2H3,(H,25,29). The summed E-state index contributed by atoms with van der Waals surface area (Å²) in [5.41, 5.74) is 2.27. The third kappa shape index (κ3) is 5.12. The lowest BCUT2D eigenvalue weighted by atomic mass is 10.1. The van der Waals surface area contributed by atoms with Gasteiger partial charge >= 0.3 is 0 Å². The first-order valence-electron chi connectivity index (χ1n) is 10.0. The number of ether oxygens (including phenoxy) is 1. The molecule has 0 atom stereocenters. The van der Waals surface area contributed by atoms with E-state index < -0.39 is 0 Å². The van der Waals surface area contributed by atoms with Gasteiger partial charge in [-0.15, -0.1) is 11.3 Å². The molecule has 9 heteroatoms. The lowest BCUT2D eigenvalue weighted by molar-refractivity contribution is -0.131. The molecule has 0 aliphatic carbocycles.